The summed E-state index contributed by atoms with van der Waals surface area (Å²) >= 11 is 3.58. The van der Waals surface area contributed by atoms with Gasteiger partial charge < -0.3 is 24.5 Å². The number of benzene rings is 1. The second-order valence-electron chi connectivity index (χ2n) is 9.11. The Morgan fingerprint density at radius 1 is 1.30 bits per heavy atom. The van der Waals surface area contributed by atoms with Gasteiger partial charge in [-0.25, -0.2) is 0 Å². The summed E-state index contributed by atoms with van der Waals surface area (Å²) < 4.78 is 8.41. The number of hydrogen-bond acceptors (Lipinski definition) is 6. The zero-order valence-electron chi connectivity index (χ0n) is 19.6. The molecular weight excluding hydrogens is 487 g/mol. The lowest BCUT2D eigenvalue weighted by atomic mass is 9.79. The van der Waals surface area contributed by atoms with E-state index in [4.69, 9.17) is 4.74 Å². The Hall–Kier alpha value is -2.20. The molecule has 3 aromatic rings. The van der Waals surface area contributed by atoms with Crippen molar-refractivity contribution in [2.45, 2.75) is 53.7 Å². The Labute approximate surface area is 202 Å². The molecule has 0 saturated heterocycles. The lowest BCUT2D eigenvalue weighted by Gasteiger charge is -2.25. The average Bonchev–Trinajstić information content (AvgIpc) is 3.03. The molecule has 1 atom stereocenters. The number of rotatable bonds is 8. The molecule has 0 spiro atoms. The molecule has 2 aromatic heterocycles. The normalized spacial score (nSPS) is 12.8. The topological polar surface area (TPSA) is 105 Å². The number of carbonyl (C=O) groups is 1. The molecule has 3 rings (SSSR count). The van der Waals surface area contributed by atoms with Crippen molar-refractivity contribution in [1.82, 2.24) is 9.55 Å². The van der Waals surface area contributed by atoms with Crippen LogP contribution in [-0.2, 0) is 22.5 Å². The first-order valence-electron chi connectivity index (χ1n) is 10.9. The number of ether oxygens (including phenoxy) is 1. The third-order valence-electron chi connectivity index (χ3n) is 5.66. The number of aryl methyl sites for hydroxylation is 1. The molecule has 0 amide bonds. The van der Waals surface area contributed by atoms with Gasteiger partial charge >= 0.3 is 13.1 Å². The number of pyridine rings is 1. The molecule has 0 unspecified atom stereocenters. The molecule has 33 heavy (non-hydrogen) atoms. The molecule has 0 fully saturated rings. The van der Waals surface area contributed by atoms with Gasteiger partial charge in [-0.3, -0.25) is 9.78 Å². The van der Waals surface area contributed by atoms with Crippen molar-refractivity contribution >= 4 is 45.4 Å². The molecule has 0 aliphatic carbocycles. The molecule has 1 aromatic carbocycles. The van der Waals surface area contributed by atoms with Gasteiger partial charge in [-0.05, 0) is 50.1 Å². The Morgan fingerprint density at radius 2 is 2.00 bits per heavy atom. The molecule has 176 valence electrons. The summed E-state index contributed by atoms with van der Waals surface area (Å²) in [4.78, 5) is 15.8. The number of carbonyl (C=O) groups excluding carboxylic acids is 1. The molecule has 7 nitrogen and oxygen atoms in total. The maximum absolute atomic E-state index is 11.4. The molecule has 2 heterocycles. The second kappa shape index (κ2) is 9.97. The Balaban J connectivity index is 2.35. The number of aromatic nitrogens is 2. The summed E-state index contributed by atoms with van der Waals surface area (Å²) in [6.45, 7) is 10.1. The molecule has 3 N–H and O–H groups in total. The van der Waals surface area contributed by atoms with E-state index in [0.717, 1.165) is 26.6 Å². The van der Waals surface area contributed by atoms with Crippen LogP contribution in [0.5, 0.6) is 0 Å². The largest absolute Gasteiger partial charge is 0.490 e. The molecular formula is C24H30BBrN2O5. The summed E-state index contributed by atoms with van der Waals surface area (Å²) in [5.74, 6) is -0.327. The third kappa shape index (κ3) is 5.49. The van der Waals surface area contributed by atoms with Gasteiger partial charge in [-0.15, -0.1) is 0 Å². The first kappa shape index (κ1) is 25.4. The van der Waals surface area contributed by atoms with Crippen LogP contribution in [0.15, 0.2) is 34.9 Å². The number of fused-ring (bicyclic) bond motifs is 1. The van der Waals surface area contributed by atoms with Gasteiger partial charge in [-0.1, -0.05) is 29.8 Å². The van der Waals surface area contributed by atoms with Gasteiger partial charge in [0.15, 0.2) is 0 Å². The van der Waals surface area contributed by atoms with Crippen LogP contribution in [-0.4, -0.2) is 44.4 Å². The number of aliphatic hydroxyl groups is 1. The van der Waals surface area contributed by atoms with E-state index in [-0.39, 0.29) is 23.5 Å². The van der Waals surface area contributed by atoms with E-state index in [1.54, 1.807) is 13.0 Å². The van der Waals surface area contributed by atoms with Crippen LogP contribution in [0.2, 0.25) is 0 Å². The third-order valence-corrected chi connectivity index (χ3v) is 6.15. The summed E-state index contributed by atoms with van der Waals surface area (Å²) in [6, 6.07) is 7.75. The van der Waals surface area contributed by atoms with Gasteiger partial charge in [0.2, 0.25) is 0 Å². The van der Waals surface area contributed by atoms with Crippen molar-refractivity contribution in [2.24, 2.45) is 5.41 Å². The minimum absolute atomic E-state index is 0.244. The summed E-state index contributed by atoms with van der Waals surface area (Å²) in [7, 11) is -1.68. The summed E-state index contributed by atoms with van der Waals surface area (Å²) in [5.41, 5.74) is 3.85. The summed E-state index contributed by atoms with van der Waals surface area (Å²) in [6.07, 6.45) is 1.10. The lowest BCUT2D eigenvalue weighted by molar-refractivity contribution is -0.143. The Bertz CT molecular complexity index is 1170. The Morgan fingerprint density at radius 3 is 2.58 bits per heavy atom. The van der Waals surface area contributed by atoms with E-state index in [9.17, 15) is 19.9 Å². The number of nitrogens with zero attached hydrogens (tertiary/aromatic N) is 2. The highest BCUT2D eigenvalue weighted by Gasteiger charge is 2.29. The van der Waals surface area contributed by atoms with E-state index in [2.05, 4.69) is 31.5 Å². The zero-order valence-corrected chi connectivity index (χ0v) is 21.2. The molecule has 0 aliphatic rings. The maximum Gasteiger partial charge on any atom is 0.490 e. The lowest BCUT2D eigenvalue weighted by Crippen LogP contribution is -2.31. The van der Waals surface area contributed by atoms with Gasteiger partial charge in [0, 0.05) is 51.5 Å². The van der Waals surface area contributed by atoms with Crippen LogP contribution < -0.4 is 5.46 Å². The minimum Gasteiger partial charge on any atom is -0.465 e. The zero-order chi connectivity index (χ0) is 24.5. The molecule has 0 bridgehead atoms. The molecule has 0 saturated carbocycles. The van der Waals surface area contributed by atoms with Crippen molar-refractivity contribution in [1.29, 1.82) is 0 Å². The highest BCUT2D eigenvalue weighted by molar-refractivity contribution is 9.10. The SMILES string of the molecule is CCn1c(-c2cc(B(O)O)cnc2[C@H](C)O)c(CC(C)(C)COC(C)=O)c2cc(Br)ccc21. The predicted octanol–water partition coefficient (Wildman–Crippen LogP) is 3.35. The van der Waals surface area contributed by atoms with Crippen molar-refractivity contribution in [3.05, 3.63) is 46.2 Å². The molecule has 9 heteroatoms. The Kier molecular flexibility index (Phi) is 7.68. The van der Waals surface area contributed by atoms with E-state index in [1.807, 2.05) is 32.9 Å². The van der Waals surface area contributed by atoms with Crippen LogP contribution in [0.3, 0.4) is 0 Å². The standard InChI is InChI=1S/C24H30BBrN2O5/c1-6-28-21-8-7-17(26)10-18(21)20(11-24(4,5)13-33-15(3)30)23(28)19-9-16(25(31)32)12-27-22(19)14(2)29/h7-10,12,14,29,31-32H,6,11,13H2,1-5H3/t14-/m0/s1. The first-order valence-corrected chi connectivity index (χ1v) is 11.7. The van der Waals surface area contributed by atoms with Crippen molar-refractivity contribution in [3.8, 4) is 11.3 Å². The highest BCUT2D eigenvalue weighted by Crippen LogP contribution is 2.40. The van der Waals surface area contributed by atoms with Crippen molar-refractivity contribution < 1.29 is 24.7 Å². The second-order valence-corrected chi connectivity index (χ2v) is 10.0. The van der Waals surface area contributed by atoms with Crippen LogP contribution in [0.4, 0.5) is 0 Å². The highest BCUT2D eigenvalue weighted by atomic mass is 79.9. The van der Waals surface area contributed by atoms with Crippen molar-refractivity contribution in [3.63, 3.8) is 0 Å². The number of aliphatic hydroxyl groups excluding tert-OH is 1. The van der Waals surface area contributed by atoms with E-state index in [1.165, 1.54) is 13.1 Å². The number of halogens is 1. The average molecular weight is 517 g/mol. The number of hydrogen-bond donors (Lipinski definition) is 3. The molecule has 0 aliphatic heterocycles. The summed E-state index contributed by atoms with van der Waals surface area (Å²) in [5, 5.41) is 31.1. The number of esters is 1. The fourth-order valence-electron chi connectivity index (χ4n) is 4.19. The van der Waals surface area contributed by atoms with Gasteiger partial charge in [0.1, 0.15) is 0 Å². The van der Waals surface area contributed by atoms with Gasteiger partial charge in [0.05, 0.1) is 24.1 Å². The van der Waals surface area contributed by atoms with Crippen LogP contribution in [0, 0.1) is 5.41 Å². The van der Waals surface area contributed by atoms with Crippen molar-refractivity contribution in [2.75, 3.05) is 6.61 Å². The fraction of sp³-hybridized carbons (Fsp3) is 0.417. The van der Waals surface area contributed by atoms with Crippen LogP contribution in [0.1, 0.15) is 52.0 Å². The minimum atomic E-state index is -1.68. The van der Waals surface area contributed by atoms with Crippen LogP contribution in [0.25, 0.3) is 22.2 Å². The maximum atomic E-state index is 11.4. The first-order chi connectivity index (χ1) is 15.4. The van der Waals surface area contributed by atoms with Crippen LogP contribution >= 0.6 is 15.9 Å². The molecule has 0 radical (unpaired) electrons. The van der Waals surface area contributed by atoms with E-state index in [0.29, 0.717) is 24.2 Å². The van der Waals surface area contributed by atoms with Gasteiger partial charge in [-0.2, -0.15) is 0 Å². The predicted molar refractivity (Wildman–Crippen MR) is 133 cm³/mol. The fourth-order valence-corrected chi connectivity index (χ4v) is 4.55. The van der Waals surface area contributed by atoms with E-state index < -0.39 is 13.2 Å². The van der Waals surface area contributed by atoms with Gasteiger partial charge in [0.25, 0.3) is 0 Å². The van der Waals surface area contributed by atoms with E-state index >= 15 is 0 Å². The monoisotopic (exact) mass is 516 g/mol. The quantitative estimate of drug-likeness (QED) is 0.313. The smallest absolute Gasteiger partial charge is 0.465 e.